The van der Waals surface area contributed by atoms with E-state index in [0.29, 0.717) is 9.90 Å². The molecule has 0 atom stereocenters. The third-order valence-electron chi connectivity index (χ3n) is 2.37. The topological polar surface area (TPSA) is 59.3 Å². The molecule has 1 aromatic heterocycles. The number of nitriles is 1. The molecule has 0 fully saturated rings. The second-order valence-electron chi connectivity index (χ2n) is 3.60. The summed E-state index contributed by atoms with van der Waals surface area (Å²) in [6.07, 6.45) is 0. The fourth-order valence-corrected chi connectivity index (χ4v) is 2.90. The predicted molar refractivity (Wildman–Crippen MR) is 77.0 cm³/mol. The van der Waals surface area contributed by atoms with Crippen LogP contribution >= 0.6 is 34.5 Å². The number of rotatable bonds is 3. The average Bonchev–Trinajstić information content (AvgIpc) is 2.78. The van der Waals surface area contributed by atoms with Crippen molar-refractivity contribution in [2.45, 2.75) is 0 Å². The van der Waals surface area contributed by atoms with Crippen molar-refractivity contribution >= 4 is 40.5 Å². The number of esters is 1. The number of benzene rings is 1. The van der Waals surface area contributed by atoms with Crippen LogP contribution in [0.2, 0.25) is 8.67 Å². The van der Waals surface area contributed by atoms with E-state index in [1.807, 2.05) is 6.07 Å². The lowest BCUT2D eigenvalue weighted by molar-refractivity contribution is 0.0730. The highest BCUT2D eigenvalue weighted by atomic mass is 35.5. The summed E-state index contributed by atoms with van der Waals surface area (Å²) in [5.41, 5.74) is 0.589. The van der Waals surface area contributed by atoms with E-state index >= 15 is 0 Å². The van der Waals surface area contributed by atoms with Crippen LogP contribution in [0.5, 0.6) is 11.5 Å². The van der Waals surface area contributed by atoms with Gasteiger partial charge in [-0.2, -0.15) is 5.26 Å². The SMILES string of the molecule is COc1cc(C#N)ccc1OC(=O)c1cc(Cl)sc1Cl. The summed E-state index contributed by atoms with van der Waals surface area (Å²) < 4.78 is 10.9. The Balaban J connectivity index is 2.28. The molecule has 7 heteroatoms. The van der Waals surface area contributed by atoms with Crippen LogP contribution in [-0.4, -0.2) is 13.1 Å². The highest BCUT2D eigenvalue weighted by Crippen LogP contribution is 2.33. The number of carbonyl (C=O) groups excluding carboxylic acids is 1. The summed E-state index contributed by atoms with van der Waals surface area (Å²) in [7, 11) is 1.42. The van der Waals surface area contributed by atoms with Gasteiger partial charge in [0.15, 0.2) is 11.5 Å². The minimum absolute atomic E-state index is 0.188. The molecule has 0 aliphatic carbocycles. The predicted octanol–water partition coefficient (Wildman–Crippen LogP) is 4.15. The number of thiophene rings is 1. The van der Waals surface area contributed by atoms with E-state index in [1.165, 1.54) is 31.4 Å². The molecule has 20 heavy (non-hydrogen) atoms. The summed E-state index contributed by atoms with van der Waals surface area (Å²) in [6, 6.07) is 7.89. The van der Waals surface area contributed by atoms with Crippen molar-refractivity contribution in [2.75, 3.05) is 7.11 Å². The summed E-state index contributed by atoms with van der Waals surface area (Å²) in [5.74, 6) is -0.147. The van der Waals surface area contributed by atoms with Gasteiger partial charge in [0.25, 0.3) is 0 Å². The van der Waals surface area contributed by atoms with Gasteiger partial charge in [0.05, 0.1) is 28.6 Å². The van der Waals surface area contributed by atoms with Gasteiger partial charge in [0, 0.05) is 6.07 Å². The molecular formula is C13H7Cl2NO3S. The Kier molecular flexibility index (Phi) is 4.50. The van der Waals surface area contributed by atoms with Gasteiger partial charge >= 0.3 is 5.97 Å². The van der Waals surface area contributed by atoms with E-state index in [0.717, 1.165) is 11.3 Å². The Hall–Kier alpha value is -1.74. The number of methoxy groups -OCH3 is 1. The second kappa shape index (κ2) is 6.14. The van der Waals surface area contributed by atoms with Gasteiger partial charge in [-0.1, -0.05) is 23.2 Å². The highest BCUT2D eigenvalue weighted by Gasteiger charge is 2.18. The molecule has 0 aliphatic rings. The van der Waals surface area contributed by atoms with Crippen molar-refractivity contribution in [1.82, 2.24) is 0 Å². The van der Waals surface area contributed by atoms with Gasteiger partial charge in [0.2, 0.25) is 0 Å². The van der Waals surface area contributed by atoms with Crippen molar-refractivity contribution in [3.05, 3.63) is 44.1 Å². The van der Waals surface area contributed by atoms with Gasteiger partial charge < -0.3 is 9.47 Å². The zero-order valence-corrected chi connectivity index (χ0v) is 12.5. The molecule has 0 aliphatic heterocycles. The fourth-order valence-electron chi connectivity index (χ4n) is 1.46. The van der Waals surface area contributed by atoms with Crippen LogP contribution < -0.4 is 9.47 Å². The van der Waals surface area contributed by atoms with Crippen LogP contribution in [0.15, 0.2) is 24.3 Å². The van der Waals surface area contributed by atoms with Gasteiger partial charge in [-0.3, -0.25) is 0 Å². The minimum Gasteiger partial charge on any atom is -0.493 e. The normalized spacial score (nSPS) is 9.90. The lowest BCUT2D eigenvalue weighted by Gasteiger charge is -2.08. The molecule has 0 saturated heterocycles. The van der Waals surface area contributed by atoms with E-state index in [2.05, 4.69) is 0 Å². The lowest BCUT2D eigenvalue weighted by Crippen LogP contribution is -2.08. The van der Waals surface area contributed by atoms with E-state index < -0.39 is 5.97 Å². The third kappa shape index (κ3) is 3.05. The first-order chi connectivity index (χ1) is 9.55. The number of halogens is 2. The average molecular weight is 328 g/mol. The molecule has 0 bridgehead atoms. The highest BCUT2D eigenvalue weighted by molar-refractivity contribution is 7.20. The first-order valence-corrected chi connectivity index (χ1v) is 6.87. The maximum absolute atomic E-state index is 12.0. The largest absolute Gasteiger partial charge is 0.493 e. The number of hydrogen-bond acceptors (Lipinski definition) is 5. The van der Waals surface area contributed by atoms with Gasteiger partial charge in [0.1, 0.15) is 4.34 Å². The molecule has 1 aromatic carbocycles. The Morgan fingerprint density at radius 3 is 2.60 bits per heavy atom. The van der Waals surface area contributed by atoms with Crippen molar-refractivity contribution in [2.24, 2.45) is 0 Å². The Bertz CT molecular complexity index is 706. The van der Waals surface area contributed by atoms with Crippen LogP contribution in [0.1, 0.15) is 15.9 Å². The number of hydrogen-bond donors (Lipinski definition) is 0. The van der Waals surface area contributed by atoms with E-state index in [4.69, 9.17) is 37.9 Å². The molecule has 2 aromatic rings. The monoisotopic (exact) mass is 327 g/mol. The zero-order chi connectivity index (χ0) is 14.7. The van der Waals surface area contributed by atoms with Gasteiger partial charge in [-0.05, 0) is 18.2 Å². The Morgan fingerprint density at radius 2 is 2.05 bits per heavy atom. The molecule has 0 N–H and O–H groups in total. The molecule has 1 heterocycles. The minimum atomic E-state index is -0.638. The standard InChI is InChI=1S/C13H7Cl2NO3S/c1-18-10-4-7(6-16)2-3-9(10)19-13(17)8-5-11(14)20-12(8)15/h2-5H,1H3. The Morgan fingerprint density at radius 1 is 1.30 bits per heavy atom. The van der Waals surface area contributed by atoms with E-state index in [1.54, 1.807) is 0 Å². The van der Waals surface area contributed by atoms with Crippen LogP contribution in [0.4, 0.5) is 0 Å². The maximum atomic E-state index is 12.0. The number of ether oxygens (including phenoxy) is 2. The molecule has 4 nitrogen and oxygen atoms in total. The van der Waals surface area contributed by atoms with E-state index in [9.17, 15) is 4.79 Å². The van der Waals surface area contributed by atoms with Crippen LogP contribution in [-0.2, 0) is 0 Å². The van der Waals surface area contributed by atoms with Crippen molar-refractivity contribution in [3.63, 3.8) is 0 Å². The summed E-state index contributed by atoms with van der Waals surface area (Å²) in [6.45, 7) is 0. The molecule has 0 radical (unpaired) electrons. The summed E-state index contributed by atoms with van der Waals surface area (Å²) >= 11 is 12.7. The molecule has 2 rings (SSSR count). The fraction of sp³-hybridized carbons (Fsp3) is 0.0769. The molecule has 0 amide bonds. The Labute approximate surface area is 129 Å². The summed E-state index contributed by atoms with van der Waals surface area (Å²) in [5, 5.41) is 8.80. The van der Waals surface area contributed by atoms with Crippen LogP contribution in [0.25, 0.3) is 0 Å². The van der Waals surface area contributed by atoms with Crippen LogP contribution in [0.3, 0.4) is 0 Å². The van der Waals surface area contributed by atoms with Crippen molar-refractivity contribution in [1.29, 1.82) is 5.26 Å². The molecule has 0 spiro atoms. The molecule has 0 unspecified atom stereocenters. The van der Waals surface area contributed by atoms with Gasteiger partial charge in [-0.15, -0.1) is 11.3 Å². The third-order valence-corrected chi connectivity index (χ3v) is 3.86. The second-order valence-corrected chi connectivity index (χ2v) is 5.89. The van der Waals surface area contributed by atoms with E-state index in [-0.39, 0.29) is 21.4 Å². The van der Waals surface area contributed by atoms with Crippen LogP contribution in [0, 0.1) is 11.3 Å². The first kappa shape index (κ1) is 14.7. The molecular weight excluding hydrogens is 321 g/mol. The molecule has 102 valence electrons. The zero-order valence-electron chi connectivity index (χ0n) is 10.1. The quantitative estimate of drug-likeness (QED) is 0.627. The lowest BCUT2D eigenvalue weighted by atomic mass is 10.2. The van der Waals surface area contributed by atoms with Crippen molar-refractivity contribution in [3.8, 4) is 17.6 Å². The summed E-state index contributed by atoms with van der Waals surface area (Å²) in [4.78, 5) is 12.0. The first-order valence-electron chi connectivity index (χ1n) is 5.30. The number of nitrogens with zero attached hydrogens (tertiary/aromatic N) is 1. The van der Waals surface area contributed by atoms with Crippen molar-refractivity contribution < 1.29 is 14.3 Å². The maximum Gasteiger partial charge on any atom is 0.346 e. The smallest absolute Gasteiger partial charge is 0.346 e. The number of carbonyl (C=O) groups is 1. The molecule has 0 saturated carbocycles. The van der Waals surface area contributed by atoms with Gasteiger partial charge in [-0.25, -0.2) is 4.79 Å².